The molecule has 2 aromatic heterocycles. The largest absolute Gasteiger partial charge is 0.473 e. The van der Waals surface area contributed by atoms with E-state index in [0.717, 1.165) is 59.0 Å². The molecule has 2 fully saturated rings. The Kier molecular flexibility index (Phi) is 8.58. The van der Waals surface area contributed by atoms with Gasteiger partial charge < -0.3 is 19.1 Å². The Morgan fingerprint density at radius 2 is 1.47 bits per heavy atom. The van der Waals surface area contributed by atoms with Crippen molar-refractivity contribution in [3.63, 3.8) is 0 Å². The summed E-state index contributed by atoms with van der Waals surface area (Å²) >= 11 is 0. The number of pyridine rings is 1. The molecule has 0 atom stereocenters. The average molecular weight is 631 g/mol. The molecular weight excluding hydrogens is 588 g/mol. The fourth-order valence-electron chi connectivity index (χ4n) is 6.18. The molecule has 0 unspecified atom stereocenters. The van der Waals surface area contributed by atoms with E-state index in [2.05, 4.69) is 22.9 Å². The highest BCUT2D eigenvalue weighted by molar-refractivity contribution is 5.95. The zero-order valence-corrected chi connectivity index (χ0v) is 27.4. The van der Waals surface area contributed by atoms with E-state index < -0.39 is 5.60 Å². The summed E-state index contributed by atoms with van der Waals surface area (Å²) < 4.78 is 20.3. The maximum atomic E-state index is 12.6. The van der Waals surface area contributed by atoms with E-state index in [-0.39, 0.29) is 6.09 Å². The smallest absolute Gasteiger partial charge is 0.410 e. The van der Waals surface area contributed by atoms with Gasteiger partial charge in [0.2, 0.25) is 11.8 Å². The van der Waals surface area contributed by atoms with Crippen LogP contribution < -0.4 is 9.47 Å². The molecule has 3 aromatic carbocycles. The molecule has 8 nitrogen and oxygen atoms in total. The Labute approximate surface area is 276 Å². The second-order valence-electron chi connectivity index (χ2n) is 13.6. The second-order valence-corrected chi connectivity index (χ2v) is 13.6. The molecule has 7 rings (SSSR count). The first-order valence-electron chi connectivity index (χ1n) is 16.7. The molecule has 242 valence electrons. The Morgan fingerprint density at radius 1 is 0.809 bits per heavy atom. The SMILES string of the molecule is CC(C)(C)OC(=O)N1CCC(c2ccc3c(-c4ccc(OCc5ccccc5)nc4OCc4ccccc4)nn(C4CC4)c3c2)CC1. The van der Waals surface area contributed by atoms with Crippen molar-refractivity contribution in [2.45, 2.75) is 77.2 Å². The maximum absolute atomic E-state index is 12.6. The molecule has 5 aromatic rings. The number of carbonyl (C=O) groups excluding carboxylic acids is 1. The molecular formula is C39H42N4O4. The minimum atomic E-state index is -0.491. The van der Waals surface area contributed by atoms with E-state index in [1.807, 2.05) is 98.5 Å². The van der Waals surface area contributed by atoms with Gasteiger partial charge in [0.15, 0.2) is 0 Å². The average Bonchev–Trinajstić information content (AvgIpc) is 3.87. The molecule has 1 saturated carbocycles. The van der Waals surface area contributed by atoms with E-state index in [0.29, 0.717) is 50.0 Å². The van der Waals surface area contributed by atoms with E-state index in [4.69, 9.17) is 24.3 Å². The first-order chi connectivity index (χ1) is 22.8. The molecule has 0 bridgehead atoms. The maximum Gasteiger partial charge on any atom is 0.410 e. The van der Waals surface area contributed by atoms with Gasteiger partial charge in [-0.15, -0.1) is 0 Å². The fourth-order valence-corrected chi connectivity index (χ4v) is 6.18. The van der Waals surface area contributed by atoms with Gasteiger partial charge in [-0.1, -0.05) is 72.8 Å². The number of rotatable bonds is 9. The number of nitrogens with zero attached hydrogens (tertiary/aromatic N) is 4. The highest BCUT2D eigenvalue weighted by atomic mass is 16.6. The normalized spacial score (nSPS) is 15.5. The van der Waals surface area contributed by atoms with Crippen LogP contribution in [0.2, 0.25) is 0 Å². The van der Waals surface area contributed by atoms with Gasteiger partial charge in [0.1, 0.15) is 24.5 Å². The van der Waals surface area contributed by atoms with Crippen LogP contribution in [0.3, 0.4) is 0 Å². The Balaban J connectivity index is 1.17. The third-order valence-electron chi connectivity index (χ3n) is 8.78. The predicted octanol–water partition coefficient (Wildman–Crippen LogP) is 8.71. The quantitative estimate of drug-likeness (QED) is 0.162. The number of piperidine rings is 1. The van der Waals surface area contributed by atoms with Crippen molar-refractivity contribution in [3.05, 3.63) is 108 Å². The first kappa shape index (κ1) is 30.8. The van der Waals surface area contributed by atoms with Gasteiger partial charge in [0.05, 0.1) is 17.1 Å². The number of aromatic nitrogens is 3. The summed E-state index contributed by atoms with van der Waals surface area (Å²) in [5.41, 5.74) is 5.78. The predicted molar refractivity (Wildman–Crippen MR) is 183 cm³/mol. The van der Waals surface area contributed by atoms with Crippen LogP contribution >= 0.6 is 0 Å². The summed E-state index contributed by atoms with van der Waals surface area (Å²) in [7, 11) is 0. The van der Waals surface area contributed by atoms with Gasteiger partial charge in [-0.2, -0.15) is 10.1 Å². The monoisotopic (exact) mass is 630 g/mol. The third kappa shape index (κ3) is 7.27. The van der Waals surface area contributed by atoms with Crippen LogP contribution in [0.5, 0.6) is 11.8 Å². The van der Waals surface area contributed by atoms with Crippen LogP contribution in [-0.2, 0) is 18.0 Å². The van der Waals surface area contributed by atoms with Crippen molar-refractivity contribution in [2.75, 3.05) is 13.1 Å². The van der Waals surface area contributed by atoms with Crippen molar-refractivity contribution in [1.29, 1.82) is 0 Å². The Hall–Kier alpha value is -4.85. The zero-order chi connectivity index (χ0) is 32.4. The fraction of sp³-hybridized carbons (Fsp3) is 0.359. The molecule has 0 spiro atoms. The second kappa shape index (κ2) is 13.1. The van der Waals surface area contributed by atoms with E-state index in [1.54, 1.807) is 0 Å². The highest BCUT2D eigenvalue weighted by Gasteiger charge is 2.31. The third-order valence-corrected chi connectivity index (χ3v) is 8.78. The number of amides is 1. The van der Waals surface area contributed by atoms with E-state index in [1.165, 1.54) is 5.56 Å². The van der Waals surface area contributed by atoms with Gasteiger partial charge in [0.25, 0.3) is 0 Å². The van der Waals surface area contributed by atoms with E-state index >= 15 is 0 Å². The van der Waals surface area contributed by atoms with Crippen LogP contribution in [0.1, 0.15) is 75.1 Å². The van der Waals surface area contributed by atoms with Crippen molar-refractivity contribution < 1.29 is 19.0 Å². The van der Waals surface area contributed by atoms with E-state index in [9.17, 15) is 4.79 Å². The number of hydrogen-bond donors (Lipinski definition) is 0. The number of benzene rings is 3. The lowest BCUT2D eigenvalue weighted by Crippen LogP contribution is -2.41. The van der Waals surface area contributed by atoms with Crippen LogP contribution in [0.4, 0.5) is 4.79 Å². The van der Waals surface area contributed by atoms with Crippen molar-refractivity contribution >= 4 is 17.0 Å². The van der Waals surface area contributed by atoms with Gasteiger partial charge in [-0.05, 0) is 81.2 Å². The molecule has 0 N–H and O–H groups in total. The Bertz CT molecular complexity index is 1840. The molecule has 8 heteroatoms. The van der Waals surface area contributed by atoms with Crippen LogP contribution in [0.15, 0.2) is 91.0 Å². The number of ether oxygens (including phenoxy) is 3. The molecule has 2 aliphatic rings. The van der Waals surface area contributed by atoms with Gasteiger partial charge in [-0.3, -0.25) is 4.68 Å². The summed E-state index contributed by atoms with van der Waals surface area (Å²) in [6.45, 7) is 7.92. The molecule has 47 heavy (non-hydrogen) atoms. The number of fused-ring (bicyclic) bond motifs is 1. The molecule has 1 aliphatic heterocycles. The van der Waals surface area contributed by atoms with Crippen LogP contribution in [0, 0.1) is 0 Å². The van der Waals surface area contributed by atoms with Gasteiger partial charge in [-0.25, -0.2) is 4.79 Å². The summed E-state index contributed by atoms with van der Waals surface area (Å²) in [6, 6.07) is 31.3. The lowest BCUT2D eigenvalue weighted by Gasteiger charge is -2.33. The molecule has 1 amide bonds. The summed E-state index contributed by atoms with van der Waals surface area (Å²) in [4.78, 5) is 19.3. The summed E-state index contributed by atoms with van der Waals surface area (Å²) in [6.07, 6.45) is 3.83. The van der Waals surface area contributed by atoms with Crippen LogP contribution in [0.25, 0.3) is 22.2 Å². The lowest BCUT2D eigenvalue weighted by molar-refractivity contribution is 0.0205. The molecule has 1 aliphatic carbocycles. The topological polar surface area (TPSA) is 78.7 Å². The number of carbonyl (C=O) groups is 1. The van der Waals surface area contributed by atoms with Crippen LogP contribution in [-0.4, -0.2) is 44.4 Å². The van der Waals surface area contributed by atoms with Gasteiger partial charge in [0, 0.05) is 24.5 Å². The number of hydrogen-bond acceptors (Lipinski definition) is 6. The standard InChI is InChI=1S/C39H42N4O4/c1-39(2,3)47-38(44)42-22-20-29(21-23-42)30-14-17-32-34(24-30)43(31-15-16-31)41-36(32)33-18-19-35(45-25-27-10-6-4-7-11-27)40-37(33)46-26-28-12-8-5-9-13-28/h4-14,17-19,24,29,31H,15-16,20-23,25-26H2,1-3H3. The minimum Gasteiger partial charge on any atom is -0.473 e. The molecule has 0 radical (unpaired) electrons. The Morgan fingerprint density at radius 3 is 2.11 bits per heavy atom. The van der Waals surface area contributed by atoms with Crippen molar-refractivity contribution in [2.24, 2.45) is 0 Å². The first-order valence-corrected chi connectivity index (χ1v) is 16.7. The highest BCUT2D eigenvalue weighted by Crippen LogP contribution is 2.43. The number of likely N-dealkylation sites (tertiary alicyclic amines) is 1. The summed E-state index contributed by atoms with van der Waals surface area (Å²) in [5, 5.41) is 6.28. The van der Waals surface area contributed by atoms with Crippen molar-refractivity contribution in [3.8, 4) is 23.0 Å². The van der Waals surface area contributed by atoms with Crippen molar-refractivity contribution in [1.82, 2.24) is 19.7 Å². The molecule has 3 heterocycles. The lowest BCUT2D eigenvalue weighted by atomic mass is 9.89. The summed E-state index contributed by atoms with van der Waals surface area (Å²) in [5.74, 6) is 1.38. The zero-order valence-electron chi connectivity index (χ0n) is 27.4. The molecule has 1 saturated heterocycles. The van der Waals surface area contributed by atoms with Gasteiger partial charge >= 0.3 is 6.09 Å². The minimum absolute atomic E-state index is 0.224.